The quantitative estimate of drug-likeness (QED) is 0.280. The number of thioether (sulfide) groups is 1. The number of hydrogen-bond acceptors (Lipinski definition) is 8. The minimum absolute atomic E-state index is 0.00863. The fourth-order valence-electron chi connectivity index (χ4n) is 3.46. The largest absolute Gasteiger partial charge is 0.545 e. The average Bonchev–Trinajstić information content (AvgIpc) is 3.45. The fraction of sp³-hybridized carbons (Fsp3) is 0.250. The minimum Gasteiger partial charge on any atom is -0.545 e. The summed E-state index contributed by atoms with van der Waals surface area (Å²) < 4.78 is 1.65. The van der Waals surface area contributed by atoms with Crippen molar-refractivity contribution < 1.29 is 14.7 Å². The zero-order chi connectivity index (χ0) is 24.4. The molecule has 1 N–H and O–H groups in total. The molecule has 1 amide bonds. The van der Waals surface area contributed by atoms with Crippen LogP contribution in [0.15, 0.2) is 51.0 Å². The summed E-state index contributed by atoms with van der Waals surface area (Å²) in [6.07, 6.45) is 0. The van der Waals surface area contributed by atoms with Crippen molar-refractivity contribution in [3.8, 4) is 10.4 Å². The Morgan fingerprint density at radius 1 is 1.24 bits per heavy atom. The summed E-state index contributed by atoms with van der Waals surface area (Å²) in [7, 11) is 0. The van der Waals surface area contributed by atoms with Crippen LogP contribution in [0.2, 0.25) is 0 Å². The third-order valence-electron chi connectivity index (χ3n) is 5.07. The first-order valence-electron chi connectivity index (χ1n) is 10.5. The first-order valence-corrected chi connectivity index (χ1v) is 13.3. The van der Waals surface area contributed by atoms with E-state index < -0.39 is 5.97 Å². The van der Waals surface area contributed by atoms with Crippen molar-refractivity contribution in [3.05, 3.63) is 62.6 Å². The maximum absolute atomic E-state index is 13.5. The van der Waals surface area contributed by atoms with Crippen molar-refractivity contribution in [1.29, 1.82) is 0 Å². The second kappa shape index (κ2) is 10.1. The number of carbonyl (C=O) groups excluding carboxylic acids is 2. The van der Waals surface area contributed by atoms with E-state index in [1.807, 2.05) is 36.7 Å². The van der Waals surface area contributed by atoms with Crippen molar-refractivity contribution in [2.45, 2.75) is 32.5 Å². The summed E-state index contributed by atoms with van der Waals surface area (Å²) in [6.45, 7) is 6.31. The van der Waals surface area contributed by atoms with Crippen LogP contribution < -0.4 is 16.0 Å². The standard InChI is InChI=1S/C24H23N3O4S3/c1-13(2)10-27-22(29)20-16(18-5-4-8-32-18)11-33-21(20)26-24(27)34-12-19(28)25-17-9-15(23(30)31)7-6-14(17)3/h4-9,11,13H,10,12H2,1-3H3,(H,25,28)(H,30,31)/p-1. The van der Waals surface area contributed by atoms with Gasteiger partial charge in [0, 0.05) is 28.1 Å². The summed E-state index contributed by atoms with van der Waals surface area (Å²) in [4.78, 5) is 43.7. The van der Waals surface area contributed by atoms with Crippen LogP contribution >= 0.6 is 34.4 Å². The van der Waals surface area contributed by atoms with Gasteiger partial charge in [0.1, 0.15) is 4.83 Å². The molecule has 0 fully saturated rings. The van der Waals surface area contributed by atoms with Crippen molar-refractivity contribution in [3.63, 3.8) is 0 Å². The molecular weight excluding hydrogens is 490 g/mol. The Hall–Kier alpha value is -2.95. The van der Waals surface area contributed by atoms with E-state index >= 15 is 0 Å². The van der Waals surface area contributed by atoms with Crippen LogP contribution in [-0.2, 0) is 11.3 Å². The van der Waals surface area contributed by atoms with Gasteiger partial charge in [0.05, 0.1) is 17.1 Å². The maximum Gasteiger partial charge on any atom is 0.263 e. The Kier molecular flexibility index (Phi) is 7.20. The van der Waals surface area contributed by atoms with E-state index in [4.69, 9.17) is 4.98 Å². The molecule has 0 unspecified atom stereocenters. The van der Waals surface area contributed by atoms with E-state index in [1.54, 1.807) is 28.9 Å². The van der Waals surface area contributed by atoms with Gasteiger partial charge in [-0.2, -0.15) is 0 Å². The molecule has 176 valence electrons. The predicted molar refractivity (Wildman–Crippen MR) is 137 cm³/mol. The smallest absolute Gasteiger partial charge is 0.263 e. The fourth-order valence-corrected chi connectivity index (χ4v) is 6.07. The van der Waals surface area contributed by atoms with E-state index in [1.165, 1.54) is 35.2 Å². The highest BCUT2D eigenvalue weighted by Gasteiger charge is 2.19. The molecule has 0 spiro atoms. The Balaban J connectivity index is 1.61. The van der Waals surface area contributed by atoms with Crippen molar-refractivity contribution in [2.75, 3.05) is 11.1 Å². The first-order chi connectivity index (χ1) is 16.2. The number of nitrogens with zero attached hydrogens (tertiary/aromatic N) is 2. The number of hydrogen-bond donors (Lipinski definition) is 1. The lowest BCUT2D eigenvalue weighted by atomic mass is 10.1. The van der Waals surface area contributed by atoms with E-state index in [2.05, 4.69) is 5.32 Å². The Morgan fingerprint density at radius 2 is 2.03 bits per heavy atom. The summed E-state index contributed by atoms with van der Waals surface area (Å²) in [5.41, 5.74) is 1.92. The molecule has 3 aromatic heterocycles. The van der Waals surface area contributed by atoms with Gasteiger partial charge in [0.15, 0.2) is 5.16 Å². The topological polar surface area (TPSA) is 104 Å². The lowest BCUT2D eigenvalue weighted by molar-refractivity contribution is -0.255. The number of thiophene rings is 2. The lowest BCUT2D eigenvalue weighted by Crippen LogP contribution is -2.26. The van der Waals surface area contributed by atoms with Crippen LogP contribution in [0.25, 0.3) is 20.7 Å². The van der Waals surface area contributed by atoms with Gasteiger partial charge in [-0.15, -0.1) is 22.7 Å². The van der Waals surface area contributed by atoms with Crippen LogP contribution in [0.5, 0.6) is 0 Å². The molecule has 34 heavy (non-hydrogen) atoms. The normalized spacial score (nSPS) is 11.3. The van der Waals surface area contributed by atoms with E-state index in [-0.39, 0.29) is 28.7 Å². The number of fused-ring (bicyclic) bond motifs is 1. The van der Waals surface area contributed by atoms with Crippen LogP contribution in [0.3, 0.4) is 0 Å². The molecule has 4 rings (SSSR count). The lowest BCUT2D eigenvalue weighted by Gasteiger charge is -2.15. The molecule has 0 aliphatic carbocycles. The van der Waals surface area contributed by atoms with E-state index in [9.17, 15) is 19.5 Å². The molecular formula is C24H22N3O4S3-. The Morgan fingerprint density at radius 3 is 2.71 bits per heavy atom. The van der Waals surface area contributed by atoms with Gasteiger partial charge >= 0.3 is 0 Å². The van der Waals surface area contributed by atoms with Gasteiger partial charge < -0.3 is 15.2 Å². The average molecular weight is 513 g/mol. The number of carbonyl (C=O) groups is 2. The maximum atomic E-state index is 13.5. The Labute approximate surface area is 208 Å². The van der Waals surface area contributed by atoms with Crippen LogP contribution in [0.1, 0.15) is 29.8 Å². The predicted octanol–water partition coefficient (Wildman–Crippen LogP) is 4.25. The van der Waals surface area contributed by atoms with Crippen molar-refractivity contribution >= 4 is 62.2 Å². The second-order valence-electron chi connectivity index (χ2n) is 8.16. The SMILES string of the molecule is Cc1ccc(C(=O)[O-])cc1NC(=O)CSc1nc2scc(-c3cccs3)c2c(=O)n1CC(C)C. The molecule has 3 heterocycles. The zero-order valence-corrected chi connectivity index (χ0v) is 21.2. The number of aromatic nitrogens is 2. The number of aromatic carboxylic acids is 1. The summed E-state index contributed by atoms with van der Waals surface area (Å²) in [6, 6.07) is 8.37. The van der Waals surface area contributed by atoms with Gasteiger partial charge in [-0.25, -0.2) is 4.98 Å². The summed E-state index contributed by atoms with van der Waals surface area (Å²) in [5, 5.41) is 18.9. The third kappa shape index (κ3) is 5.08. The minimum atomic E-state index is -1.31. The Bertz CT molecular complexity index is 1420. The number of anilines is 1. The van der Waals surface area contributed by atoms with Gasteiger partial charge in [0.25, 0.3) is 5.56 Å². The molecule has 0 radical (unpaired) electrons. The van der Waals surface area contributed by atoms with Gasteiger partial charge in [0.2, 0.25) is 5.91 Å². The zero-order valence-electron chi connectivity index (χ0n) is 18.8. The molecule has 0 aliphatic heterocycles. The molecule has 0 atom stereocenters. The molecule has 0 saturated heterocycles. The molecule has 0 aliphatic rings. The van der Waals surface area contributed by atoms with Gasteiger partial charge in [-0.05, 0) is 41.5 Å². The summed E-state index contributed by atoms with van der Waals surface area (Å²) >= 11 is 4.19. The van der Waals surface area contributed by atoms with Gasteiger partial charge in [-0.1, -0.05) is 43.8 Å². The first kappa shape index (κ1) is 24.2. The van der Waals surface area contributed by atoms with E-state index in [0.29, 0.717) is 27.6 Å². The molecule has 0 bridgehead atoms. The van der Waals surface area contributed by atoms with Crippen LogP contribution in [0.4, 0.5) is 5.69 Å². The number of benzene rings is 1. The number of aryl methyl sites for hydroxylation is 1. The highest BCUT2D eigenvalue weighted by molar-refractivity contribution is 7.99. The number of nitrogens with one attached hydrogen (secondary N) is 1. The molecule has 7 nitrogen and oxygen atoms in total. The molecule has 4 aromatic rings. The number of amides is 1. The van der Waals surface area contributed by atoms with E-state index in [0.717, 1.165) is 16.0 Å². The molecule has 1 aromatic carbocycles. The summed E-state index contributed by atoms with van der Waals surface area (Å²) in [5.74, 6) is -1.39. The van der Waals surface area contributed by atoms with Crippen LogP contribution in [0, 0.1) is 12.8 Å². The van der Waals surface area contributed by atoms with Gasteiger partial charge in [-0.3, -0.25) is 14.2 Å². The highest BCUT2D eigenvalue weighted by Crippen LogP contribution is 2.34. The number of rotatable bonds is 8. The highest BCUT2D eigenvalue weighted by atomic mass is 32.2. The van der Waals surface area contributed by atoms with Crippen LogP contribution in [-0.4, -0.2) is 27.2 Å². The third-order valence-corrected chi connectivity index (χ3v) is 7.82. The molecule has 10 heteroatoms. The van der Waals surface area contributed by atoms with Crippen molar-refractivity contribution in [2.24, 2.45) is 5.92 Å². The second-order valence-corrected chi connectivity index (χ2v) is 10.9. The number of carboxylic acid groups (broad SMARTS) is 1. The monoisotopic (exact) mass is 512 g/mol. The molecule has 0 saturated carbocycles. The van der Waals surface area contributed by atoms with Crippen molar-refractivity contribution in [1.82, 2.24) is 9.55 Å². The number of carboxylic acids is 1.